The van der Waals surface area contributed by atoms with Gasteiger partial charge in [0.2, 0.25) is 0 Å². The summed E-state index contributed by atoms with van der Waals surface area (Å²) in [5, 5.41) is 14.7. The first kappa shape index (κ1) is 13.0. The van der Waals surface area contributed by atoms with E-state index in [9.17, 15) is 4.79 Å². The van der Waals surface area contributed by atoms with E-state index >= 15 is 0 Å². The topological polar surface area (TPSA) is 87.7 Å². The van der Waals surface area contributed by atoms with Crippen molar-refractivity contribution in [1.29, 1.82) is 0 Å². The molecule has 1 aromatic carbocycles. The van der Waals surface area contributed by atoms with Crippen molar-refractivity contribution in [3.63, 3.8) is 0 Å². The number of carbonyl (C=O) groups excluding carboxylic acids is 1. The second-order valence-corrected chi connectivity index (χ2v) is 5.82. The van der Waals surface area contributed by atoms with Crippen molar-refractivity contribution < 1.29 is 10.0 Å². The van der Waals surface area contributed by atoms with Crippen LogP contribution in [-0.2, 0) is 0 Å². The molecule has 0 spiro atoms. The zero-order chi connectivity index (χ0) is 14.1. The van der Waals surface area contributed by atoms with Gasteiger partial charge in [0, 0.05) is 17.2 Å². The lowest BCUT2D eigenvalue weighted by Crippen LogP contribution is -2.38. The molecule has 5 nitrogen and oxygen atoms in total. The van der Waals surface area contributed by atoms with Gasteiger partial charge in [0.05, 0.1) is 0 Å². The number of amides is 1. The molecule has 5 heteroatoms. The predicted octanol–water partition coefficient (Wildman–Crippen LogP) is 1.70. The third-order valence-corrected chi connectivity index (χ3v) is 4.61. The summed E-state index contributed by atoms with van der Waals surface area (Å²) in [6.07, 6.45) is 4.97. The maximum absolute atomic E-state index is 12.2. The zero-order valence-electron chi connectivity index (χ0n) is 11.2. The molecule has 3 rings (SSSR count). The van der Waals surface area contributed by atoms with Crippen molar-refractivity contribution in [3.05, 3.63) is 35.4 Å². The number of benzene rings is 1. The fraction of sp³-hybridized carbons (Fsp3) is 0.467. The molecular weight excluding hydrogens is 254 g/mol. The highest BCUT2D eigenvalue weighted by atomic mass is 16.4. The number of hydrogen-bond acceptors (Lipinski definition) is 3. The average molecular weight is 273 g/mol. The third kappa shape index (κ3) is 2.35. The fourth-order valence-corrected chi connectivity index (χ4v) is 3.52. The van der Waals surface area contributed by atoms with Gasteiger partial charge < -0.3 is 16.3 Å². The van der Waals surface area contributed by atoms with Crippen molar-refractivity contribution in [2.45, 2.75) is 31.7 Å². The highest BCUT2D eigenvalue weighted by molar-refractivity contribution is 5.99. The van der Waals surface area contributed by atoms with E-state index in [-0.39, 0.29) is 11.7 Å². The molecule has 4 N–H and O–H groups in total. The van der Waals surface area contributed by atoms with E-state index in [4.69, 9.17) is 10.9 Å². The Labute approximate surface area is 117 Å². The second kappa shape index (κ2) is 5.15. The maximum Gasteiger partial charge on any atom is 0.251 e. The fourth-order valence-electron chi connectivity index (χ4n) is 3.52. The molecule has 106 valence electrons. The number of nitrogens with zero attached hydrogens (tertiary/aromatic N) is 1. The van der Waals surface area contributed by atoms with Crippen LogP contribution in [0.25, 0.3) is 0 Å². The van der Waals surface area contributed by atoms with Crippen molar-refractivity contribution in [2.75, 3.05) is 0 Å². The third-order valence-electron chi connectivity index (χ3n) is 4.61. The first-order valence-corrected chi connectivity index (χ1v) is 7.06. The van der Waals surface area contributed by atoms with Gasteiger partial charge >= 0.3 is 0 Å². The largest absolute Gasteiger partial charge is 0.409 e. The zero-order valence-corrected chi connectivity index (χ0v) is 11.2. The Kier molecular flexibility index (Phi) is 3.34. The number of fused-ring (bicyclic) bond motifs is 2. The van der Waals surface area contributed by atoms with Crippen LogP contribution in [0, 0.1) is 11.8 Å². The van der Waals surface area contributed by atoms with Gasteiger partial charge in [-0.2, -0.15) is 0 Å². The minimum atomic E-state index is -0.0337. The average Bonchev–Trinajstić information content (AvgIpc) is 3.09. The van der Waals surface area contributed by atoms with Crippen molar-refractivity contribution >= 4 is 11.7 Å². The SMILES string of the molecule is NC(=NO)c1ccc(C(=O)NC2CC3CCC2C3)cc1. The van der Waals surface area contributed by atoms with Gasteiger partial charge in [0.25, 0.3) is 5.91 Å². The molecule has 1 aromatic rings. The van der Waals surface area contributed by atoms with Crippen LogP contribution in [0.3, 0.4) is 0 Å². The van der Waals surface area contributed by atoms with Gasteiger partial charge in [0.1, 0.15) is 0 Å². The molecule has 20 heavy (non-hydrogen) atoms. The molecule has 2 saturated carbocycles. The van der Waals surface area contributed by atoms with E-state index in [2.05, 4.69) is 10.5 Å². The highest BCUT2D eigenvalue weighted by Gasteiger charge is 2.40. The summed E-state index contributed by atoms with van der Waals surface area (Å²) in [6, 6.07) is 7.12. The van der Waals surface area contributed by atoms with Crippen molar-refractivity contribution in [3.8, 4) is 0 Å². The summed E-state index contributed by atoms with van der Waals surface area (Å²) in [6.45, 7) is 0. The van der Waals surface area contributed by atoms with E-state index in [1.807, 2.05) is 0 Å². The summed E-state index contributed by atoms with van der Waals surface area (Å²) in [7, 11) is 0. The van der Waals surface area contributed by atoms with Crippen LogP contribution in [0.1, 0.15) is 41.6 Å². The molecule has 0 radical (unpaired) electrons. The van der Waals surface area contributed by atoms with Crippen molar-refractivity contribution in [2.24, 2.45) is 22.7 Å². The Bertz CT molecular complexity index is 539. The summed E-state index contributed by atoms with van der Waals surface area (Å²) < 4.78 is 0. The van der Waals surface area contributed by atoms with E-state index in [1.54, 1.807) is 24.3 Å². The predicted molar refractivity (Wildman–Crippen MR) is 75.7 cm³/mol. The van der Waals surface area contributed by atoms with E-state index in [1.165, 1.54) is 19.3 Å². The smallest absolute Gasteiger partial charge is 0.251 e. The first-order chi connectivity index (χ1) is 9.67. The quantitative estimate of drug-likeness (QED) is 0.339. The molecule has 0 heterocycles. The van der Waals surface area contributed by atoms with Crippen LogP contribution >= 0.6 is 0 Å². The Morgan fingerprint density at radius 2 is 1.90 bits per heavy atom. The summed E-state index contributed by atoms with van der Waals surface area (Å²) in [5.41, 5.74) is 6.71. The molecule has 0 aromatic heterocycles. The summed E-state index contributed by atoms with van der Waals surface area (Å²) in [4.78, 5) is 12.2. The maximum atomic E-state index is 12.2. The normalized spacial score (nSPS) is 28.6. The molecule has 3 unspecified atom stereocenters. The molecular formula is C15H19N3O2. The van der Waals surface area contributed by atoms with Crippen LogP contribution in [0.2, 0.25) is 0 Å². The van der Waals surface area contributed by atoms with Crippen LogP contribution < -0.4 is 11.1 Å². The van der Waals surface area contributed by atoms with Crippen LogP contribution in [0.4, 0.5) is 0 Å². The number of rotatable bonds is 3. The van der Waals surface area contributed by atoms with E-state index in [0.717, 1.165) is 12.3 Å². The molecule has 0 saturated heterocycles. The Balaban J connectivity index is 1.65. The number of carbonyl (C=O) groups is 1. The standard InChI is InChI=1S/C15H19N3O2/c16-14(18-20)10-3-5-11(6-4-10)15(19)17-13-8-9-1-2-12(13)7-9/h3-6,9,12-13,20H,1-2,7-8H2,(H2,16,18)(H,17,19). The van der Waals surface area contributed by atoms with Crippen LogP contribution in [0.5, 0.6) is 0 Å². The van der Waals surface area contributed by atoms with Crippen LogP contribution in [-0.4, -0.2) is 23.0 Å². The molecule has 3 atom stereocenters. The minimum Gasteiger partial charge on any atom is -0.409 e. The Morgan fingerprint density at radius 3 is 2.45 bits per heavy atom. The number of amidine groups is 1. The van der Waals surface area contributed by atoms with E-state index in [0.29, 0.717) is 23.1 Å². The monoisotopic (exact) mass is 273 g/mol. The second-order valence-electron chi connectivity index (χ2n) is 5.82. The Morgan fingerprint density at radius 1 is 1.20 bits per heavy atom. The molecule has 2 aliphatic carbocycles. The van der Waals surface area contributed by atoms with Crippen LogP contribution in [0.15, 0.2) is 29.4 Å². The first-order valence-electron chi connectivity index (χ1n) is 7.06. The number of nitrogens with one attached hydrogen (secondary N) is 1. The molecule has 2 fully saturated rings. The lowest BCUT2D eigenvalue weighted by molar-refractivity contribution is 0.0923. The number of nitrogens with two attached hydrogens (primary N) is 1. The minimum absolute atomic E-state index is 0.0337. The molecule has 1 amide bonds. The van der Waals surface area contributed by atoms with Gasteiger partial charge in [0.15, 0.2) is 5.84 Å². The van der Waals surface area contributed by atoms with Gasteiger partial charge in [-0.05, 0) is 43.2 Å². The summed E-state index contributed by atoms with van der Waals surface area (Å²) >= 11 is 0. The van der Waals surface area contributed by atoms with E-state index < -0.39 is 0 Å². The summed E-state index contributed by atoms with van der Waals surface area (Å²) in [5.74, 6) is 1.49. The Hall–Kier alpha value is -2.04. The van der Waals surface area contributed by atoms with Gasteiger partial charge in [-0.25, -0.2) is 0 Å². The number of hydrogen-bond donors (Lipinski definition) is 3. The van der Waals surface area contributed by atoms with Gasteiger partial charge in [-0.15, -0.1) is 0 Å². The van der Waals surface area contributed by atoms with Gasteiger partial charge in [-0.1, -0.05) is 23.7 Å². The highest BCUT2D eigenvalue weighted by Crippen LogP contribution is 2.44. The molecule has 2 bridgehead atoms. The van der Waals surface area contributed by atoms with Crippen molar-refractivity contribution in [1.82, 2.24) is 5.32 Å². The lowest BCUT2D eigenvalue weighted by Gasteiger charge is -2.22. The lowest BCUT2D eigenvalue weighted by atomic mass is 9.95. The number of oxime groups is 1. The molecule has 2 aliphatic rings. The van der Waals surface area contributed by atoms with Gasteiger partial charge in [-0.3, -0.25) is 4.79 Å². The molecule has 0 aliphatic heterocycles.